The third-order valence-corrected chi connectivity index (χ3v) is 2.08. The summed E-state index contributed by atoms with van der Waals surface area (Å²) in [5.41, 5.74) is 5.65. The number of carbonyl (C=O) groups excluding carboxylic acids is 1. The SMILES string of the molecule is C[C@H](CO)NC(=O)c1csc(N)n1. The summed E-state index contributed by atoms with van der Waals surface area (Å²) in [6, 6.07) is -0.268. The molecule has 0 unspecified atom stereocenters. The van der Waals surface area contributed by atoms with Crippen molar-refractivity contribution in [3.8, 4) is 0 Å². The molecule has 0 aliphatic carbocycles. The van der Waals surface area contributed by atoms with Gasteiger partial charge in [-0.15, -0.1) is 11.3 Å². The van der Waals surface area contributed by atoms with Gasteiger partial charge in [0.1, 0.15) is 5.69 Å². The molecule has 5 nitrogen and oxygen atoms in total. The summed E-state index contributed by atoms with van der Waals surface area (Å²) in [5.74, 6) is -0.311. The topological polar surface area (TPSA) is 88.2 Å². The average molecular weight is 201 g/mol. The number of hydrogen-bond donors (Lipinski definition) is 3. The number of carbonyl (C=O) groups is 1. The molecule has 0 saturated heterocycles. The van der Waals surface area contributed by atoms with Crippen LogP contribution in [-0.4, -0.2) is 28.6 Å². The predicted molar refractivity (Wildman–Crippen MR) is 50.5 cm³/mol. The van der Waals surface area contributed by atoms with Gasteiger partial charge in [-0.05, 0) is 6.92 Å². The number of rotatable bonds is 3. The van der Waals surface area contributed by atoms with Crippen molar-refractivity contribution < 1.29 is 9.90 Å². The molecule has 6 heteroatoms. The molecule has 1 aromatic heterocycles. The minimum Gasteiger partial charge on any atom is -0.394 e. The van der Waals surface area contributed by atoms with Crippen LogP contribution in [0.1, 0.15) is 17.4 Å². The highest BCUT2D eigenvalue weighted by atomic mass is 32.1. The average Bonchev–Trinajstić information content (AvgIpc) is 2.51. The van der Waals surface area contributed by atoms with E-state index in [1.807, 2.05) is 0 Å². The molecule has 0 aliphatic rings. The van der Waals surface area contributed by atoms with Gasteiger partial charge in [-0.3, -0.25) is 4.79 Å². The molecule has 0 aliphatic heterocycles. The van der Waals surface area contributed by atoms with E-state index >= 15 is 0 Å². The largest absolute Gasteiger partial charge is 0.394 e. The standard InChI is InChI=1S/C7H11N3O2S/c1-4(2-11)9-6(12)5-3-13-7(8)10-5/h3-4,11H,2H2,1H3,(H2,8,10)(H,9,12)/t4-/m1/s1. The molecule has 0 radical (unpaired) electrons. The van der Waals surface area contributed by atoms with Crippen molar-refractivity contribution in [3.63, 3.8) is 0 Å². The molecule has 1 rings (SSSR count). The van der Waals surface area contributed by atoms with Crippen LogP contribution in [0, 0.1) is 0 Å². The first kappa shape index (κ1) is 9.94. The van der Waals surface area contributed by atoms with E-state index in [1.165, 1.54) is 11.3 Å². The molecule has 1 amide bonds. The van der Waals surface area contributed by atoms with Crippen molar-refractivity contribution in [2.24, 2.45) is 0 Å². The number of nitrogens with one attached hydrogen (secondary N) is 1. The number of nitrogens with two attached hydrogens (primary N) is 1. The molecule has 0 aromatic carbocycles. The van der Waals surface area contributed by atoms with E-state index in [0.29, 0.717) is 10.8 Å². The lowest BCUT2D eigenvalue weighted by Gasteiger charge is -2.08. The number of aliphatic hydroxyl groups excluding tert-OH is 1. The van der Waals surface area contributed by atoms with E-state index in [-0.39, 0.29) is 18.6 Å². The van der Waals surface area contributed by atoms with Gasteiger partial charge in [0.25, 0.3) is 5.91 Å². The van der Waals surface area contributed by atoms with E-state index in [2.05, 4.69) is 10.3 Å². The van der Waals surface area contributed by atoms with Gasteiger partial charge in [0, 0.05) is 11.4 Å². The summed E-state index contributed by atoms with van der Waals surface area (Å²) in [4.78, 5) is 15.1. The Morgan fingerprint density at radius 1 is 1.92 bits per heavy atom. The van der Waals surface area contributed by atoms with Gasteiger partial charge in [0.15, 0.2) is 5.13 Å². The smallest absolute Gasteiger partial charge is 0.271 e. The second kappa shape index (κ2) is 4.20. The Kier molecular flexibility index (Phi) is 3.21. The number of nitrogen functional groups attached to an aromatic ring is 1. The third kappa shape index (κ3) is 2.67. The maximum atomic E-state index is 11.3. The van der Waals surface area contributed by atoms with E-state index in [0.717, 1.165) is 0 Å². The van der Waals surface area contributed by atoms with E-state index in [1.54, 1.807) is 12.3 Å². The number of thiazole rings is 1. The van der Waals surface area contributed by atoms with Gasteiger partial charge in [-0.1, -0.05) is 0 Å². The highest BCUT2D eigenvalue weighted by Gasteiger charge is 2.11. The Morgan fingerprint density at radius 3 is 3.08 bits per heavy atom. The first-order valence-corrected chi connectivity index (χ1v) is 4.64. The van der Waals surface area contributed by atoms with E-state index in [4.69, 9.17) is 10.8 Å². The fourth-order valence-electron chi connectivity index (χ4n) is 0.735. The molecule has 72 valence electrons. The number of aliphatic hydroxyl groups is 1. The van der Waals surface area contributed by atoms with Crippen molar-refractivity contribution in [2.75, 3.05) is 12.3 Å². The van der Waals surface area contributed by atoms with E-state index in [9.17, 15) is 4.79 Å². The summed E-state index contributed by atoms with van der Waals surface area (Å²) >= 11 is 1.21. The van der Waals surface area contributed by atoms with Gasteiger partial charge in [-0.2, -0.15) is 0 Å². The molecular weight excluding hydrogens is 190 g/mol. The van der Waals surface area contributed by atoms with Crippen LogP contribution in [0.5, 0.6) is 0 Å². The highest BCUT2D eigenvalue weighted by Crippen LogP contribution is 2.10. The third-order valence-electron chi connectivity index (χ3n) is 1.41. The Morgan fingerprint density at radius 2 is 2.62 bits per heavy atom. The second-order valence-corrected chi connectivity index (χ2v) is 3.52. The van der Waals surface area contributed by atoms with Crippen molar-refractivity contribution >= 4 is 22.4 Å². The molecule has 0 spiro atoms. The molecule has 1 aromatic rings. The molecule has 0 saturated carbocycles. The fraction of sp³-hybridized carbons (Fsp3) is 0.429. The highest BCUT2D eigenvalue weighted by molar-refractivity contribution is 7.13. The lowest BCUT2D eigenvalue weighted by molar-refractivity contribution is 0.0918. The minimum absolute atomic E-state index is 0.0919. The van der Waals surface area contributed by atoms with Crippen molar-refractivity contribution in [1.82, 2.24) is 10.3 Å². The van der Waals surface area contributed by atoms with Crippen LogP contribution in [0.25, 0.3) is 0 Å². The molecule has 0 fully saturated rings. The van der Waals surface area contributed by atoms with Gasteiger partial charge < -0.3 is 16.2 Å². The van der Waals surface area contributed by atoms with Crippen LogP contribution < -0.4 is 11.1 Å². The molecular formula is C7H11N3O2S. The zero-order valence-electron chi connectivity index (χ0n) is 7.15. The molecule has 0 bridgehead atoms. The Hall–Kier alpha value is -1.14. The van der Waals surface area contributed by atoms with Crippen molar-refractivity contribution in [2.45, 2.75) is 13.0 Å². The second-order valence-electron chi connectivity index (χ2n) is 2.63. The molecule has 4 N–H and O–H groups in total. The van der Waals surface area contributed by atoms with Gasteiger partial charge in [0.05, 0.1) is 6.61 Å². The van der Waals surface area contributed by atoms with Crippen LogP contribution in [0.15, 0.2) is 5.38 Å². The first-order chi connectivity index (χ1) is 6.13. The summed E-state index contributed by atoms with van der Waals surface area (Å²) < 4.78 is 0. The quantitative estimate of drug-likeness (QED) is 0.634. The lowest BCUT2D eigenvalue weighted by Crippen LogP contribution is -2.35. The predicted octanol–water partition coefficient (Wildman–Crippen LogP) is -0.164. The van der Waals surface area contributed by atoms with Crippen molar-refractivity contribution in [1.29, 1.82) is 0 Å². The van der Waals surface area contributed by atoms with Gasteiger partial charge in [-0.25, -0.2) is 4.98 Å². The van der Waals surface area contributed by atoms with Gasteiger partial charge >= 0.3 is 0 Å². The number of anilines is 1. The Bertz CT molecular complexity index is 300. The monoisotopic (exact) mass is 201 g/mol. The summed E-state index contributed by atoms with van der Waals surface area (Å²) in [7, 11) is 0. The molecule has 1 heterocycles. The lowest BCUT2D eigenvalue weighted by atomic mass is 10.3. The van der Waals surface area contributed by atoms with Gasteiger partial charge in [0.2, 0.25) is 0 Å². The summed E-state index contributed by atoms with van der Waals surface area (Å²) in [6.45, 7) is 1.61. The van der Waals surface area contributed by atoms with Crippen LogP contribution in [0.3, 0.4) is 0 Å². The number of hydrogen-bond acceptors (Lipinski definition) is 5. The Balaban J connectivity index is 2.58. The van der Waals surface area contributed by atoms with E-state index < -0.39 is 0 Å². The maximum Gasteiger partial charge on any atom is 0.271 e. The summed E-state index contributed by atoms with van der Waals surface area (Å²) in [6.07, 6.45) is 0. The van der Waals surface area contributed by atoms with Crippen molar-refractivity contribution in [3.05, 3.63) is 11.1 Å². The normalized spacial score (nSPS) is 12.5. The zero-order valence-corrected chi connectivity index (χ0v) is 7.97. The molecule has 13 heavy (non-hydrogen) atoms. The van der Waals surface area contributed by atoms with Crippen LogP contribution in [-0.2, 0) is 0 Å². The van der Waals surface area contributed by atoms with Crippen LogP contribution >= 0.6 is 11.3 Å². The summed E-state index contributed by atoms with van der Waals surface area (Å²) in [5, 5.41) is 13.2. The number of amides is 1. The van der Waals surface area contributed by atoms with Crippen LogP contribution in [0.4, 0.5) is 5.13 Å². The zero-order chi connectivity index (χ0) is 9.84. The fourth-order valence-corrected chi connectivity index (χ4v) is 1.28. The minimum atomic E-state index is -0.311. The number of aromatic nitrogens is 1. The number of nitrogens with zero attached hydrogens (tertiary/aromatic N) is 1. The maximum absolute atomic E-state index is 11.3. The molecule has 1 atom stereocenters. The Labute approximate surface area is 79.6 Å². The van der Waals surface area contributed by atoms with Crippen LogP contribution in [0.2, 0.25) is 0 Å². The first-order valence-electron chi connectivity index (χ1n) is 3.76.